The third kappa shape index (κ3) is 2.68. The summed E-state index contributed by atoms with van der Waals surface area (Å²) in [6.07, 6.45) is 0.294. The highest BCUT2D eigenvalue weighted by molar-refractivity contribution is 7.10. The van der Waals surface area contributed by atoms with Gasteiger partial charge in [0, 0.05) is 10.4 Å². The SMILES string of the molecule is CC(C)CC1(C(=O)O)NC(c2cccs2)C2C(=O)N(C(C)(C)C)C(=O)C21. The summed E-state index contributed by atoms with van der Waals surface area (Å²) in [6.45, 7) is 9.29. The first-order valence-electron chi connectivity index (χ1n) is 8.93. The van der Waals surface area contributed by atoms with Crippen molar-refractivity contribution in [3.05, 3.63) is 22.4 Å². The van der Waals surface area contributed by atoms with E-state index in [2.05, 4.69) is 5.32 Å². The molecule has 0 spiro atoms. The van der Waals surface area contributed by atoms with Crippen LogP contribution in [0.3, 0.4) is 0 Å². The molecule has 2 saturated heterocycles. The molecule has 142 valence electrons. The normalized spacial score (nSPS) is 31.8. The van der Waals surface area contributed by atoms with Gasteiger partial charge in [-0.15, -0.1) is 11.3 Å². The van der Waals surface area contributed by atoms with E-state index in [1.165, 1.54) is 16.2 Å². The van der Waals surface area contributed by atoms with Crippen LogP contribution in [0.1, 0.15) is 52.0 Å². The second kappa shape index (κ2) is 6.16. The van der Waals surface area contributed by atoms with Crippen LogP contribution in [0.2, 0.25) is 0 Å². The van der Waals surface area contributed by atoms with Crippen molar-refractivity contribution in [3.63, 3.8) is 0 Å². The van der Waals surface area contributed by atoms with Crippen molar-refractivity contribution >= 4 is 29.1 Å². The summed E-state index contributed by atoms with van der Waals surface area (Å²) in [5, 5.41) is 15.2. The van der Waals surface area contributed by atoms with Crippen molar-refractivity contribution in [1.29, 1.82) is 0 Å². The van der Waals surface area contributed by atoms with Gasteiger partial charge in [0.1, 0.15) is 5.54 Å². The number of carboxylic acid groups (broad SMARTS) is 1. The number of carboxylic acids is 1. The van der Waals surface area contributed by atoms with E-state index in [9.17, 15) is 19.5 Å². The summed E-state index contributed by atoms with van der Waals surface area (Å²) < 4.78 is 0. The summed E-state index contributed by atoms with van der Waals surface area (Å²) in [6, 6.07) is 3.31. The van der Waals surface area contributed by atoms with Crippen molar-refractivity contribution in [1.82, 2.24) is 10.2 Å². The van der Waals surface area contributed by atoms with Gasteiger partial charge in [0.25, 0.3) is 0 Å². The van der Waals surface area contributed by atoms with E-state index in [0.29, 0.717) is 6.42 Å². The predicted molar refractivity (Wildman–Crippen MR) is 98.6 cm³/mol. The van der Waals surface area contributed by atoms with Crippen LogP contribution in [0.4, 0.5) is 0 Å². The van der Waals surface area contributed by atoms with Gasteiger partial charge >= 0.3 is 5.97 Å². The summed E-state index contributed by atoms with van der Waals surface area (Å²) in [4.78, 5) is 41.0. The van der Waals surface area contributed by atoms with Gasteiger partial charge in [-0.05, 0) is 44.6 Å². The van der Waals surface area contributed by atoms with Gasteiger partial charge in [-0.1, -0.05) is 19.9 Å². The zero-order valence-corrected chi connectivity index (χ0v) is 16.6. The molecule has 2 fully saturated rings. The Hall–Kier alpha value is -1.73. The number of fused-ring (bicyclic) bond motifs is 1. The van der Waals surface area contributed by atoms with Crippen LogP contribution in [0.25, 0.3) is 0 Å². The molecule has 0 aromatic carbocycles. The van der Waals surface area contributed by atoms with E-state index in [0.717, 1.165) is 4.88 Å². The molecule has 7 heteroatoms. The molecule has 3 heterocycles. The lowest BCUT2D eigenvalue weighted by atomic mass is 9.75. The summed E-state index contributed by atoms with van der Waals surface area (Å²) in [5.74, 6) is -3.21. The maximum absolute atomic E-state index is 13.3. The molecule has 4 atom stereocenters. The maximum Gasteiger partial charge on any atom is 0.324 e. The predicted octanol–water partition coefficient (Wildman–Crippen LogP) is 2.66. The van der Waals surface area contributed by atoms with E-state index in [1.807, 2.05) is 52.1 Å². The lowest BCUT2D eigenvalue weighted by molar-refractivity contribution is -0.154. The largest absolute Gasteiger partial charge is 0.480 e. The van der Waals surface area contributed by atoms with E-state index >= 15 is 0 Å². The zero-order chi connectivity index (χ0) is 19.4. The van der Waals surface area contributed by atoms with Gasteiger partial charge < -0.3 is 5.11 Å². The number of carbonyl (C=O) groups is 3. The molecular formula is C19H26N2O4S. The van der Waals surface area contributed by atoms with E-state index < -0.39 is 34.9 Å². The minimum absolute atomic E-state index is 0.0629. The number of hydrogen-bond acceptors (Lipinski definition) is 5. The number of amides is 2. The fourth-order valence-corrected chi connectivity index (χ4v) is 5.32. The van der Waals surface area contributed by atoms with Crippen LogP contribution in [0.5, 0.6) is 0 Å². The lowest BCUT2D eigenvalue weighted by Gasteiger charge is -2.35. The number of likely N-dealkylation sites (tertiary alicyclic amines) is 1. The van der Waals surface area contributed by atoms with Crippen LogP contribution in [0.15, 0.2) is 17.5 Å². The molecule has 2 N–H and O–H groups in total. The first kappa shape index (κ1) is 19.0. The summed E-state index contributed by atoms with van der Waals surface area (Å²) in [7, 11) is 0. The lowest BCUT2D eigenvalue weighted by Crippen LogP contribution is -2.58. The quantitative estimate of drug-likeness (QED) is 0.787. The molecule has 2 aliphatic rings. The molecule has 26 heavy (non-hydrogen) atoms. The van der Waals surface area contributed by atoms with Crippen LogP contribution >= 0.6 is 11.3 Å². The molecule has 4 unspecified atom stereocenters. The Balaban J connectivity index is 2.16. The van der Waals surface area contributed by atoms with E-state index in [1.54, 1.807) is 0 Å². The van der Waals surface area contributed by atoms with Crippen LogP contribution in [0, 0.1) is 17.8 Å². The van der Waals surface area contributed by atoms with Gasteiger partial charge in [-0.2, -0.15) is 0 Å². The van der Waals surface area contributed by atoms with Gasteiger partial charge in [-0.25, -0.2) is 0 Å². The number of carbonyl (C=O) groups excluding carboxylic acids is 2. The van der Waals surface area contributed by atoms with Gasteiger partial charge in [0.2, 0.25) is 11.8 Å². The highest BCUT2D eigenvalue weighted by Gasteiger charge is 2.69. The minimum atomic E-state index is -1.43. The number of imide groups is 1. The molecule has 0 bridgehead atoms. The molecular weight excluding hydrogens is 352 g/mol. The number of hydrogen-bond donors (Lipinski definition) is 2. The molecule has 2 aliphatic heterocycles. The standard InChI is InChI=1S/C19H26N2O4S/c1-10(2)9-19(17(24)25)13-12(14(20-19)11-7-6-8-26-11)15(22)21(16(13)23)18(3,4)5/h6-8,10,12-14,20H,9H2,1-5H3,(H,24,25). The van der Waals surface area contributed by atoms with Gasteiger partial charge in [0.05, 0.1) is 17.9 Å². The highest BCUT2D eigenvalue weighted by atomic mass is 32.1. The fourth-order valence-electron chi connectivity index (χ4n) is 4.49. The first-order chi connectivity index (χ1) is 12.0. The monoisotopic (exact) mass is 378 g/mol. The topological polar surface area (TPSA) is 86.7 Å². The average molecular weight is 378 g/mol. The van der Waals surface area contributed by atoms with Crippen molar-refractivity contribution in [2.24, 2.45) is 17.8 Å². The van der Waals surface area contributed by atoms with E-state index in [-0.39, 0.29) is 17.7 Å². The second-order valence-corrected chi connectivity index (χ2v) is 9.68. The highest BCUT2D eigenvalue weighted by Crippen LogP contribution is 2.52. The third-order valence-corrected chi connectivity index (χ3v) is 6.24. The number of rotatable bonds is 4. The molecule has 0 aliphatic carbocycles. The Bertz CT molecular complexity index is 737. The number of thiophene rings is 1. The number of nitrogens with one attached hydrogen (secondary N) is 1. The van der Waals surface area contributed by atoms with Crippen molar-refractivity contribution in [3.8, 4) is 0 Å². The first-order valence-corrected chi connectivity index (χ1v) is 9.81. The van der Waals surface area contributed by atoms with Gasteiger partial charge in [-0.3, -0.25) is 24.6 Å². The molecule has 2 amide bonds. The zero-order valence-electron chi connectivity index (χ0n) is 15.8. The Labute approximate surface area is 157 Å². The fraction of sp³-hybridized carbons (Fsp3) is 0.632. The minimum Gasteiger partial charge on any atom is -0.480 e. The Morgan fingerprint density at radius 3 is 2.46 bits per heavy atom. The molecule has 6 nitrogen and oxygen atoms in total. The second-order valence-electron chi connectivity index (χ2n) is 8.70. The molecule has 1 aromatic rings. The summed E-state index contributed by atoms with van der Waals surface area (Å²) >= 11 is 1.47. The smallest absolute Gasteiger partial charge is 0.324 e. The van der Waals surface area contributed by atoms with Crippen LogP contribution in [-0.4, -0.2) is 38.9 Å². The van der Waals surface area contributed by atoms with Crippen molar-refractivity contribution < 1.29 is 19.5 Å². The maximum atomic E-state index is 13.3. The van der Waals surface area contributed by atoms with E-state index in [4.69, 9.17) is 0 Å². The Kier molecular flexibility index (Phi) is 4.51. The van der Waals surface area contributed by atoms with Crippen LogP contribution < -0.4 is 5.32 Å². The number of nitrogens with zero attached hydrogens (tertiary/aromatic N) is 1. The molecule has 0 radical (unpaired) electrons. The molecule has 3 rings (SSSR count). The average Bonchev–Trinajstić information content (AvgIpc) is 3.15. The number of aliphatic carboxylic acids is 1. The molecule has 1 aromatic heterocycles. The molecule has 0 saturated carbocycles. The van der Waals surface area contributed by atoms with Crippen molar-refractivity contribution in [2.45, 2.75) is 58.2 Å². The Morgan fingerprint density at radius 2 is 2.00 bits per heavy atom. The van der Waals surface area contributed by atoms with Crippen molar-refractivity contribution in [2.75, 3.05) is 0 Å². The third-order valence-electron chi connectivity index (χ3n) is 5.29. The summed E-state index contributed by atoms with van der Waals surface area (Å²) in [5.41, 5.74) is -2.11. The Morgan fingerprint density at radius 1 is 1.35 bits per heavy atom. The van der Waals surface area contributed by atoms with Crippen LogP contribution in [-0.2, 0) is 14.4 Å². The van der Waals surface area contributed by atoms with Gasteiger partial charge in [0.15, 0.2) is 0 Å².